The van der Waals surface area contributed by atoms with E-state index in [0.29, 0.717) is 13.3 Å². The molecule has 1 N–H and O–H groups in total. The number of rotatable bonds is 4. The second-order valence-electron chi connectivity index (χ2n) is 2.28. The van der Waals surface area contributed by atoms with Crippen LogP contribution in [-0.4, -0.2) is 33.4 Å². The number of amidine groups is 1. The molecule has 1 atom stereocenters. The molecule has 0 aromatic heterocycles. The maximum absolute atomic E-state index is 4.98. The van der Waals surface area contributed by atoms with Crippen LogP contribution in [0.15, 0.2) is 17.4 Å². The minimum absolute atomic E-state index is 0.561. The number of hydrogen-bond acceptors (Lipinski definition) is 3. The zero-order valence-corrected chi connectivity index (χ0v) is 6.83. The molecule has 0 aromatic carbocycles. The van der Waals surface area contributed by atoms with Crippen LogP contribution in [0.4, 0.5) is 0 Å². The predicted molar refractivity (Wildman–Crippen MR) is 41.3 cm³/mol. The molecule has 0 radical (unpaired) electrons. The molecular weight excluding hydrogens is 144 g/mol. The number of nitrogens with one attached hydrogen (secondary N) is 1. The second-order valence-corrected chi connectivity index (χ2v) is 2.28. The van der Waals surface area contributed by atoms with Gasteiger partial charge in [-0.05, 0) is 0 Å². The van der Waals surface area contributed by atoms with Gasteiger partial charge in [0.15, 0.2) is 6.73 Å². The summed E-state index contributed by atoms with van der Waals surface area (Å²) >= 11 is 0. The molecule has 1 aliphatic heterocycles. The van der Waals surface area contributed by atoms with Crippen molar-refractivity contribution in [1.82, 2.24) is 0 Å². The Balaban J connectivity index is 2.40. The first-order valence-corrected chi connectivity index (χ1v) is 3.45. The third-order valence-electron chi connectivity index (χ3n) is 1.46. The van der Waals surface area contributed by atoms with Crippen LogP contribution < -0.4 is 4.90 Å². The van der Waals surface area contributed by atoms with E-state index in [1.165, 1.54) is 0 Å². The van der Waals surface area contributed by atoms with Crippen molar-refractivity contribution < 1.29 is 14.4 Å². The highest BCUT2D eigenvalue weighted by atomic mass is 16.5. The Labute approximate surface area is 66.1 Å². The third kappa shape index (κ3) is 2.11. The summed E-state index contributed by atoms with van der Waals surface area (Å²) in [5.74, 6) is 0.967. The minimum Gasteiger partial charge on any atom is -0.373 e. The fourth-order valence-electron chi connectivity index (χ4n) is 0.950. The molecule has 1 unspecified atom stereocenters. The Hall–Kier alpha value is -0.710. The quantitative estimate of drug-likeness (QED) is 0.568. The molecule has 0 amide bonds. The first-order valence-electron chi connectivity index (χ1n) is 3.45. The van der Waals surface area contributed by atoms with Gasteiger partial charge >= 0.3 is 0 Å². The van der Waals surface area contributed by atoms with Gasteiger partial charge in [-0.15, -0.1) is 0 Å². The standard InChI is InChI=1S/C7H12N2O2/c1-10-5-7-8-3-4-9(7)6-11-2/h3-4H,5-6H2,1-2H3/p+1. The van der Waals surface area contributed by atoms with Crippen molar-refractivity contribution in [2.75, 3.05) is 27.6 Å². The van der Waals surface area contributed by atoms with Gasteiger partial charge in [-0.25, -0.2) is 9.89 Å². The number of hydrogen-bond donors (Lipinski definition) is 1. The summed E-state index contributed by atoms with van der Waals surface area (Å²) < 4.78 is 9.93. The van der Waals surface area contributed by atoms with Gasteiger partial charge in [0.05, 0.1) is 6.20 Å². The highest BCUT2D eigenvalue weighted by Gasteiger charge is 2.17. The van der Waals surface area contributed by atoms with Crippen LogP contribution in [-0.2, 0) is 9.47 Å². The van der Waals surface area contributed by atoms with E-state index in [1.807, 2.05) is 6.20 Å². The third-order valence-corrected chi connectivity index (χ3v) is 1.46. The topological polar surface area (TPSA) is 35.3 Å². The van der Waals surface area contributed by atoms with Crippen molar-refractivity contribution in [1.29, 1.82) is 0 Å². The molecule has 0 bridgehead atoms. The lowest BCUT2D eigenvalue weighted by molar-refractivity contribution is -0.772. The van der Waals surface area contributed by atoms with Crippen molar-refractivity contribution >= 4 is 5.84 Å². The molecule has 4 nitrogen and oxygen atoms in total. The Morgan fingerprint density at radius 1 is 1.45 bits per heavy atom. The lowest BCUT2D eigenvalue weighted by Crippen LogP contribution is -3.10. The number of nitrogens with zero attached hydrogens (tertiary/aromatic N) is 1. The monoisotopic (exact) mass is 157 g/mol. The smallest absolute Gasteiger partial charge is 0.234 e. The lowest BCUT2D eigenvalue weighted by atomic mass is 10.6. The second kappa shape index (κ2) is 4.23. The van der Waals surface area contributed by atoms with E-state index in [9.17, 15) is 0 Å². The van der Waals surface area contributed by atoms with Crippen LogP contribution >= 0.6 is 0 Å². The fourth-order valence-corrected chi connectivity index (χ4v) is 0.950. The van der Waals surface area contributed by atoms with Gasteiger partial charge in [0, 0.05) is 14.2 Å². The predicted octanol–water partition coefficient (Wildman–Crippen LogP) is -0.995. The Morgan fingerprint density at radius 3 is 2.91 bits per heavy atom. The van der Waals surface area contributed by atoms with Crippen molar-refractivity contribution in [3.63, 3.8) is 0 Å². The molecule has 0 saturated carbocycles. The number of quaternary nitrogens is 1. The zero-order valence-electron chi connectivity index (χ0n) is 6.83. The van der Waals surface area contributed by atoms with Crippen LogP contribution in [0.2, 0.25) is 0 Å². The van der Waals surface area contributed by atoms with E-state index in [1.54, 1.807) is 20.4 Å². The largest absolute Gasteiger partial charge is 0.373 e. The average Bonchev–Trinajstić information content (AvgIpc) is 2.39. The molecule has 62 valence electrons. The molecule has 0 saturated heterocycles. The Kier molecular flexibility index (Phi) is 3.22. The molecule has 11 heavy (non-hydrogen) atoms. The van der Waals surface area contributed by atoms with E-state index < -0.39 is 0 Å². The number of aliphatic imine (C=N–C) groups is 1. The summed E-state index contributed by atoms with van der Waals surface area (Å²) in [6.45, 7) is 1.17. The van der Waals surface area contributed by atoms with Crippen LogP contribution in [0.5, 0.6) is 0 Å². The number of methoxy groups -OCH3 is 2. The van der Waals surface area contributed by atoms with Crippen LogP contribution in [0.3, 0.4) is 0 Å². The van der Waals surface area contributed by atoms with Gasteiger partial charge in [-0.1, -0.05) is 0 Å². The van der Waals surface area contributed by atoms with Crippen molar-refractivity contribution in [3.8, 4) is 0 Å². The van der Waals surface area contributed by atoms with E-state index in [2.05, 4.69) is 4.99 Å². The molecule has 1 aliphatic rings. The maximum atomic E-state index is 4.98. The van der Waals surface area contributed by atoms with E-state index in [4.69, 9.17) is 9.47 Å². The summed E-state index contributed by atoms with van der Waals surface area (Å²) in [5.41, 5.74) is 0. The molecule has 0 fully saturated rings. The lowest BCUT2D eigenvalue weighted by Gasteiger charge is -2.09. The first kappa shape index (κ1) is 8.39. The van der Waals surface area contributed by atoms with Gasteiger partial charge < -0.3 is 9.47 Å². The number of ether oxygens (including phenoxy) is 2. The normalized spacial score (nSPS) is 22.4. The maximum Gasteiger partial charge on any atom is 0.234 e. The zero-order chi connectivity index (χ0) is 8.10. The summed E-state index contributed by atoms with van der Waals surface area (Å²) in [4.78, 5) is 5.23. The fraction of sp³-hybridized carbons (Fsp3) is 0.571. The summed E-state index contributed by atoms with van der Waals surface area (Å²) in [5, 5.41) is 0. The van der Waals surface area contributed by atoms with Crippen LogP contribution in [0, 0.1) is 0 Å². The highest BCUT2D eigenvalue weighted by molar-refractivity contribution is 5.76. The molecule has 0 aromatic rings. The first-order chi connectivity index (χ1) is 5.38. The van der Waals surface area contributed by atoms with Crippen LogP contribution in [0.1, 0.15) is 0 Å². The SMILES string of the molecule is COCC1=NC=C[NH+]1COC. The van der Waals surface area contributed by atoms with Gasteiger partial charge in [0.2, 0.25) is 5.84 Å². The summed E-state index contributed by atoms with van der Waals surface area (Å²) in [7, 11) is 3.33. The van der Waals surface area contributed by atoms with Crippen molar-refractivity contribution in [2.45, 2.75) is 0 Å². The summed E-state index contributed by atoms with van der Waals surface area (Å²) in [6, 6.07) is 0. The van der Waals surface area contributed by atoms with Crippen molar-refractivity contribution in [2.24, 2.45) is 4.99 Å². The van der Waals surface area contributed by atoms with Gasteiger partial charge in [-0.3, -0.25) is 0 Å². The molecule has 4 heteroatoms. The van der Waals surface area contributed by atoms with Gasteiger partial charge in [-0.2, -0.15) is 0 Å². The molecule has 0 spiro atoms. The van der Waals surface area contributed by atoms with Gasteiger partial charge in [0.1, 0.15) is 12.8 Å². The summed E-state index contributed by atoms with van der Waals surface area (Å²) in [6.07, 6.45) is 3.71. The van der Waals surface area contributed by atoms with E-state index in [0.717, 1.165) is 10.7 Å². The molecule has 1 heterocycles. The molecule has 1 rings (SSSR count). The van der Waals surface area contributed by atoms with Crippen molar-refractivity contribution in [3.05, 3.63) is 12.4 Å². The highest BCUT2D eigenvalue weighted by Crippen LogP contribution is 1.81. The average molecular weight is 157 g/mol. The molecular formula is C7H13N2O2+. The van der Waals surface area contributed by atoms with E-state index >= 15 is 0 Å². The minimum atomic E-state index is 0.561. The Morgan fingerprint density at radius 2 is 2.27 bits per heavy atom. The molecule has 0 aliphatic carbocycles. The van der Waals surface area contributed by atoms with Crippen LogP contribution in [0.25, 0.3) is 0 Å². The van der Waals surface area contributed by atoms with Gasteiger partial charge in [0.25, 0.3) is 0 Å². The Bertz CT molecular complexity index is 177. The van der Waals surface area contributed by atoms with E-state index in [-0.39, 0.29) is 0 Å².